The Morgan fingerprint density at radius 1 is 1.00 bits per heavy atom. The summed E-state index contributed by atoms with van der Waals surface area (Å²) in [6, 6.07) is 25.2. The molecule has 1 heterocycles. The fraction of sp³-hybridized carbons (Fsp3) is 0.241. The van der Waals surface area contributed by atoms with E-state index in [9.17, 15) is 9.59 Å². The van der Waals surface area contributed by atoms with Crippen LogP contribution in [0.15, 0.2) is 85.1 Å². The molecule has 0 spiro atoms. The summed E-state index contributed by atoms with van der Waals surface area (Å²) in [6.45, 7) is 5.77. The number of nitrogens with one attached hydrogen (secondary N) is 3. The van der Waals surface area contributed by atoms with Gasteiger partial charge in [0.2, 0.25) is 5.91 Å². The van der Waals surface area contributed by atoms with Gasteiger partial charge in [-0.2, -0.15) is 0 Å². The quantitative estimate of drug-likeness (QED) is 0.315. The average Bonchev–Trinajstić information content (AvgIpc) is 3.25. The SMILES string of the molecule is Cc1cccc(COC(=O)N[C@](C)(Cc2c[nH]c3ccccc23)C(=O)N[C@@H](C)c2ccccc2)c1. The van der Waals surface area contributed by atoms with Gasteiger partial charge in [-0.05, 0) is 43.5 Å². The molecule has 3 N–H and O–H groups in total. The van der Waals surface area contributed by atoms with Crippen molar-refractivity contribution in [3.05, 3.63) is 107 Å². The number of carbonyl (C=O) groups is 2. The molecule has 0 fully saturated rings. The van der Waals surface area contributed by atoms with E-state index in [0.717, 1.165) is 33.2 Å². The van der Waals surface area contributed by atoms with E-state index in [1.165, 1.54) is 0 Å². The molecule has 0 saturated carbocycles. The van der Waals surface area contributed by atoms with Crippen molar-refractivity contribution in [2.24, 2.45) is 0 Å². The van der Waals surface area contributed by atoms with E-state index in [-0.39, 0.29) is 18.6 Å². The molecule has 0 unspecified atom stereocenters. The predicted octanol–water partition coefficient (Wildman–Crippen LogP) is 5.58. The molecular weight excluding hydrogens is 438 g/mol. The monoisotopic (exact) mass is 469 g/mol. The van der Waals surface area contributed by atoms with Crippen molar-refractivity contribution in [1.82, 2.24) is 15.6 Å². The Morgan fingerprint density at radius 2 is 1.74 bits per heavy atom. The highest BCUT2D eigenvalue weighted by Gasteiger charge is 2.37. The van der Waals surface area contributed by atoms with Crippen LogP contribution in [0.25, 0.3) is 10.9 Å². The molecule has 0 bridgehead atoms. The molecule has 4 rings (SSSR count). The van der Waals surface area contributed by atoms with E-state index < -0.39 is 11.6 Å². The van der Waals surface area contributed by atoms with Crippen LogP contribution in [0.3, 0.4) is 0 Å². The molecule has 0 saturated heterocycles. The number of aryl methyl sites for hydroxylation is 1. The van der Waals surface area contributed by atoms with Gasteiger partial charge in [0.1, 0.15) is 12.1 Å². The standard InChI is InChI=1S/C29H31N3O3/c1-20-10-9-11-22(16-20)19-35-28(34)32-29(3,17-24-18-30-26-15-8-7-14-25(24)26)27(33)31-21(2)23-12-5-4-6-13-23/h4-16,18,21,30H,17,19H2,1-3H3,(H,31,33)(H,32,34)/t21-,29+/m0/s1. The van der Waals surface area contributed by atoms with Crippen molar-refractivity contribution in [3.63, 3.8) is 0 Å². The molecule has 0 radical (unpaired) electrons. The second-order valence-electron chi connectivity index (χ2n) is 9.16. The highest BCUT2D eigenvalue weighted by atomic mass is 16.5. The van der Waals surface area contributed by atoms with Gasteiger partial charge in [-0.1, -0.05) is 78.4 Å². The number of aromatic amines is 1. The number of hydrogen-bond donors (Lipinski definition) is 3. The zero-order chi connectivity index (χ0) is 24.8. The summed E-state index contributed by atoms with van der Waals surface area (Å²) in [4.78, 5) is 29.7. The summed E-state index contributed by atoms with van der Waals surface area (Å²) in [5.74, 6) is -0.286. The number of rotatable bonds is 8. The van der Waals surface area contributed by atoms with Crippen molar-refractivity contribution in [2.75, 3.05) is 0 Å². The second-order valence-corrected chi connectivity index (χ2v) is 9.16. The van der Waals surface area contributed by atoms with Gasteiger partial charge in [-0.15, -0.1) is 0 Å². The first-order valence-electron chi connectivity index (χ1n) is 11.8. The van der Waals surface area contributed by atoms with Gasteiger partial charge in [0.15, 0.2) is 0 Å². The van der Waals surface area contributed by atoms with Crippen LogP contribution in [0.2, 0.25) is 0 Å². The number of alkyl carbamates (subject to hydrolysis) is 1. The van der Waals surface area contributed by atoms with Gasteiger partial charge in [0, 0.05) is 23.5 Å². The van der Waals surface area contributed by atoms with Crippen LogP contribution in [-0.2, 0) is 22.6 Å². The Balaban J connectivity index is 1.54. The van der Waals surface area contributed by atoms with Gasteiger partial charge in [-0.3, -0.25) is 4.79 Å². The zero-order valence-corrected chi connectivity index (χ0v) is 20.3. The Morgan fingerprint density at radius 3 is 2.51 bits per heavy atom. The predicted molar refractivity (Wildman–Crippen MR) is 138 cm³/mol. The second kappa shape index (κ2) is 10.5. The van der Waals surface area contributed by atoms with E-state index in [1.807, 2.05) is 98.9 Å². The Bertz CT molecular complexity index is 1320. The summed E-state index contributed by atoms with van der Waals surface area (Å²) in [7, 11) is 0. The summed E-state index contributed by atoms with van der Waals surface area (Å²) in [6.07, 6.45) is 1.54. The molecule has 6 nitrogen and oxygen atoms in total. The minimum atomic E-state index is -1.24. The number of hydrogen-bond acceptors (Lipinski definition) is 3. The fourth-order valence-corrected chi connectivity index (χ4v) is 4.23. The van der Waals surface area contributed by atoms with Gasteiger partial charge in [0.05, 0.1) is 6.04 Å². The third-order valence-corrected chi connectivity index (χ3v) is 6.20. The van der Waals surface area contributed by atoms with Crippen LogP contribution in [0, 0.1) is 6.92 Å². The maximum Gasteiger partial charge on any atom is 0.408 e. The van der Waals surface area contributed by atoms with Crippen LogP contribution >= 0.6 is 0 Å². The van der Waals surface area contributed by atoms with E-state index in [1.54, 1.807) is 6.92 Å². The normalized spacial score (nSPS) is 13.6. The molecule has 180 valence electrons. The van der Waals surface area contributed by atoms with Crippen LogP contribution in [0.4, 0.5) is 4.79 Å². The number of benzene rings is 3. The van der Waals surface area contributed by atoms with Crippen LogP contribution < -0.4 is 10.6 Å². The summed E-state index contributed by atoms with van der Waals surface area (Å²) >= 11 is 0. The van der Waals surface area contributed by atoms with Crippen LogP contribution in [0.5, 0.6) is 0 Å². The molecule has 6 heteroatoms. The molecule has 0 aliphatic heterocycles. The number of fused-ring (bicyclic) bond motifs is 1. The maximum absolute atomic E-state index is 13.6. The third kappa shape index (κ3) is 5.90. The number of H-pyrrole nitrogens is 1. The first-order valence-corrected chi connectivity index (χ1v) is 11.8. The molecule has 0 aliphatic rings. The van der Waals surface area contributed by atoms with Crippen LogP contribution in [0.1, 0.15) is 42.1 Å². The number of para-hydroxylation sites is 1. The van der Waals surface area contributed by atoms with E-state index in [0.29, 0.717) is 6.42 Å². The molecule has 2 atom stereocenters. The lowest BCUT2D eigenvalue weighted by Crippen LogP contribution is -2.58. The highest BCUT2D eigenvalue weighted by Crippen LogP contribution is 2.24. The molecule has 0 aliphatic carbocycles. The van der Waals surface area contributed by atoms with Gasteiger partial charge >= 0.3 is 6.09 Å². The minimum Gasteiger partial charge on any atom is -0.445 e. The van der Waals surface area contributed by atoms with E-state index >= 15 is 0 Å². The molecular formula is C29H31N3O3. The average molecular weight is 470 g/mol. The minimum absolute atomic E-state index is 0.124. The number of ether oxygens (including phenoxy) is 1. The molecule has 35 heavy (non-hydrogen) atoms. The number of aromatic nitrogens is 1. The molecule has 1 aromatic heterocycles. The van der Waals surface area contributed by atoms with Crippen LogP contribution in [-0.4, -0.2) is 22.5 Å². The molecule has 3 aromatic carbocycles. The summed E-state index contributed by atoms with van der Waals surface area (Å²) < 4.78 is 5.49. The zero-order valence-electron chi connectivity index (χ0n) is 20.3. The first-order chi connectivity index (χ1) is 16.8. The Labute approximate surface area is 205 Å². The topological polar surface area (TPSA) is 83.2 Å². The highest BCUT2D eigenvalue weighted by molar-refractivity contribution is 5.91. The smallest absolute Gasteiger partial charge is 0.408 e. The Kier molecular flexibility index (Phi) is 7.20. The lowest BCUT2D eigenvalue weighted by Gasteiger charge is -2.31. The van der Waals surface area contributed by atoms with Crippen molar-refractivity contribution in [3.8, 4) is 0 Å². The summed E-state index contributed by atoms with van der Waals surface area (Å²) in [5.41, 5.74) is 3.63. The molecule has 2 amide bonds. The van der Waals surface area contributed by atoms with Gasteiger partial charge in [0.25, 0.3) is 0 Å². The van der Waals surface area contributed by atoms with Gasteiger partial charge < -0.3 is 20.4 Å². The largest absolute Gasteiger partial charge is 0.445 e. The van der Waals surface area contributed by atoms with Gasteiger partial charge in [-0.25, -0.2) is 4.79 Å². The van der Waals surface area contributed by atoms with E-state index in [2.05, 4.69) is 15.6 Å². The lowest BCUT2D eigenvalue weighted by atomic mass is 9.91. The summed E-state index contributed by atoms with van der Waals surface area (Å²) in [5, 5.41) is 6.93. The van der Waals surface area contributed by atoms with E-state index in [4.69, 9.17) is 4.74 Å². The maximum atomic E-state index is 13.6. The number of amides is 2. The Hall–Kier alpha value is -4.06. The fourth-order valence-electron chi connectivity index (χ4n) is 4.23. The lowest BCUT2D eigenvalue weighted by molar-refractivity contribution is -0.127. The van der Waals surface area contributed by atoms with Crippen molar-refractivity contribution in [1.29, 1.82) is 0 Å². The first kappa shape index (κ1) is 24.1. The van der Waals surface area contributed by atoms with Crippen molar-refractivity contribution >= 4 is 22.9 Å². The third-order valence-electron chi connectivity index (χ3n) is 6.20. The number of carbonyl (C=O) groups excluding carboxylic acids is 2. The van der Waals surface area contributed by atoms with Crippen molar-refractivity contribution < 1.29 is 14.3 Å². The molecule has 4 aromatic rings. The van der Waals surface area contributed by atoms with Crippen molar-refractivity contribution in [2.45, 2.75) is 45.4 Å².